The van der Waals surface area contributed by atoms with E-state index in [2.05, 4.69) is 27.1 Å². The Balaban J connectivity index is 1.56. The molecular weight excluding hydrogens is 380 g/mol. The topological polar surface area (TPSA) is 58.6 Å². The number of nitrogens with one attached hydrogen (secondary N) is 1. The van der Waals surface area contributed by atoms with Crippen molar-refractivity contribution in [3.05, 3.63) is 45.6 Å². The maximum absolute atomic E-state index is 12.8. The van der Waals surface area contributed by atoms with Gasteiger partial charge in [-0.1, -0.05) is 6.07 Å². The Morgan fingerprint density at radius 3 is 2.56 bits per heavy atom. The van der Waals surface area contributed by atoms with Gasteiger partial charge in [-0.05, 0) is 80.4 Å². The fourth-order valence-electron chi connectivity index (χ4n) is 3.41. The molecule has 27 heavy (non-hydrogen) atoms. The van der Waals surface area contributed by atoms with Gasteiger partial charge >= 0.3 is 0 Å². The summed E-state index contributed by atoms with van der Waals surface area (Å²) < 4.78 is 33.7. The molecule has 0 atom stereocenters. The summed E-state index contributed by atoms with van der Waals surface area (Å²) in [6, 6.07) is 7.73. The van der Waals surface area contributed by atoms with E-state index < -0.39 is 10.0 Å². The van der Waals surface area contributed by atoms with Crippen LogP contribution in [0.15, 0.2) is 34.5 Å². The van der Waals surface area contributed by atoms with Crippen molar-refractivity contribution in [1.82, 2.24) is 9.62 Å². The van der Waals surface area contributed by atoms with E-state index >= 15 is 0 Å². The molecule has 2 aromatic rings. The summed E-state index contributed by atoms with van der Waals surface area (Å²) in [6.07, 6.45) is 2.02. The number of nitrogens with zero attached hydrogens (tertiary/aromatic N) is 1. The summed E-state index contributed by atoms with van der Waals surface area (Å²) in [5, 5.41) is 2.11. The molecule has 1 fully saturated rings. The first-order chi connectivity index (χ1) is 12.9. The molecule has 1 saturated heterocycles. The predicted octanol–water partition coefficient (Wildman–Crippen LogP) is 3.56. The zero-order valence-corrected chi connectivity index (χ0v) is 17.8. The fraction of sp³-hybridized carbons (Fsp3) is 0.500. The third-order valence-corrected chi connectivity index (χ3v) is 7.60. The first-order valence-corrected chi connectivity index (χ1v) is 11.6. The summed E-state index contributed by atoms with van der Waals surface area (Å²) in [7, 11) is -2.08. The highest BCUT2D eigenvalue weighted by Crippen LogP contribution is 2.28. The third-order valence-electron chi connectivity index (χ3n) is 5.30. The molecule has 1 aliphatic rings. The number of piperidine rings is 1. The minimum atomic E-state index is -3.58. The molecule has 0 unspecified atom stereocenters. The van der Waals surface area contributed by atoms with Crippen molar-refractivity contribution in [2.75, 3.05) is 26.7 Å². The van der Waals surface area contributed by atoms with E-state index in [-0.39, 0.29) is 4.90 Å². The van der Waals surface area contributed by atoms with Crippen molar-refractivity contribution < 1.29 is 13.2 Å². The van der Waals surface area contributed by atoms with Crippen molar-refractivity contribution in [2.45, 2.75) is 38.1 Å². The number of benzene rings is 1. The Morgan fingerprint density at radius 1 is 1.22 bits per heavy atom. The smallest absolute Gasteiger partial charge is 0.244 e. The van der Waals surface area contributed by atoms with E-state index in [0.29, 0.717) is 18.2 Å². The summed E-state index contributed by atoms with van der Waals surface area (Å²) in [4.78, 5) is 4.06. The van der Waals surface area contributed by atoms with Crippen LogP contribution in [0.4, 0.5) is 0 Å². The van der Waals surface area contributed by atoms with Crippen molar-refractivity contribution in [2.24, 2.45) is 5.92 Å². The minimum absolute atomic E-state index is 0.225. The first-order valence-electron chi connectivity index (χ1n) is 9.28. The van der Waals surface area contributed by atoms with Crippen LogP contribution in [0, 0.1) is 19.8 Å². The lowest BCUT2D eigenvalue weighted by Gasteiger charge is -2.31. The lowest BCUT2D eigenvalue weighted by Crippen LogP contribution is -2.38. The van der Waals surface area contributed by atoms with Gasteiger partial charge < -0.3 is 4.74 Å². The quantitative estimate of drug-likeness (QED) is 0.761. The van der Waals surface area contributed by atoms with Crippen molar-refractivity contribution in [1.29, 1.82) is 0 Å². The highest BCUT2D eigenvalue weighted by molar-refractivity contribution is 7.89. The number of sulfonamides is 1. The SMILES string of the molecule is COc1cc(C)c(C)cc1S(=O)(=O)NCC1CCN(Cc2cccs2)CC1. The van der Waals surface area contributed by atoms with Gasteiger partial charge in [0, 0.05) is 18.0 Å². The number of likely N-dealkylation sites (tertiary alicyclic amines) is 1. The summed E-state index contributed by atoms with van der Waals surface area (Å²) >= 11 is 1.79. The molecule has 1 N–H and O–H groups in total. The van der Waals surface area contributed by atoms with Gasteiger partial charge in [-0.2, -0.15) is 0 Å². The van der Waals surface area contributed by atoms with Gasteiger partial charge in [0.05, 0.1) is 7.11 Å². The summed E-state index contributed by atoms with van der Waals surface area (Å²) in [5.74, 6) is 0.772. The molecule has 0 saturated carbocycles. The van der Waals surface area contributed by atoms with Gasteiger partial charge in [-0.15, -0.1) is 11.3 Å². The third kappa shape index (κ3) is 5.10. The van der Waals surface area contributed by atoms with Gasteiger partial charge in [0.15, 0.2) is 0 Å². The first kappa shape index (κ1) is 20.3. The number of methoxy groups -OCH3 is 1. The number of hydrogen-bond donors (Lipinski definition) is 1. The number of aryl methyl sites for hydroxylation is 2. The summed E-state index contributed by atoms with van der Waals surface area (Å²) in [6.45, 7) is 7.36. The van der Waals surface area contributed by atoms with Crippen LogP contribution < -0.4 is 9.46 Å². The van der Waals surface area contributed by atoms with Crippen LogP contribution in [0.2, 0.25) is 0 Å². The monoisotopic (exact) mass is 408 g/mol. The van der Waals surface area contributed by atoms with Gasteiger partial charge in [0.2, 0.25) is 10.0 Å². The molecule has 1 aromatic heterocycles. The zero-order chi connectivity index (χ0) is 19.4. The van der Waals surface area contributed by atoms with E-state index in [4.69, 9.17) is 4.74 Å². The van der Waals surface area contributed by atoms with E-state index in [1.165, 1.54) is 12.0 Å². The second-order valence-electron chi connectivity index (χ2n) is 7.24. The second kappa shape index (κ2) is 8.73. The molecule has 148 valence electrons. The highest BCUT2D eigenvalue weighted by atomic mass is 32.2. The molecule has 0 bridgehead atoms. The van der Waals surface area contributed by atoms with Gasteiger partial charge in [0.25, 0.3) is 0 Å². The van der Waals surface area contributed by atoms with Crippen LogP contribution in [-0.2, 0) is 16.6 Å². The zero-order valence-electron chi connectivity index (χ0n) is 16.2. The predicted molar refractivity (Wildman–Crippen MR) is 110 cm³/mol. The fourth-order valence-corrected chi connectivity index (χ4v) is 5.51. The van der Waals surface area contributed by atoms with Crippen LogP contribution in [0.25, 0.3) is 0 Å². The van der Waals surface area contributed by atoms with Crippen LogP contribution in [0.1, 0.15) is 28.8 Å². The van der Waals surface area contributed by atoms with Gasteiger partial charge in [-0.25, -0.2) is 13.1 Å². The molecular formula is C20H28N2O3S2. The number of ether oxygens (including phenoxy) is 1. The normalized spacial score (nSPS) is 16.6. The molecule has 0 radical (unpaired) electrons. The van der Waals surface area contributed by atoms with Crippen LogP contribution in [0.5, 0.6) is 5.75 Å². The molecule has 3 rings (SSSR count). The van der Waals surface area contributed by atoms with E-state index in [1.807, 2.05) is 13.8 Å². The van der Waals surface area contributed by atoms with Crippen LogP contribution in [0.3, 0.4) is 0 Å². The summed E-state index contributed by atoms with van der Waals surface area (Å²) in [5.41, 5.74) is 1.96. The highest BCUT2D eigenvalue weighted by Gasteiger charge is 2.24. The van der Waals surface area contributed by atoms with Crippen LogP contribution in [-0.4, -0.2) is 40.1 Å². The maximum atomic E-state index is 12.8. The van der Waals surface area contributed by atoms with Crippen molar-refractivity contribution >= 4 is 21.4 Å². The average Bonchev–Trinajstić information content (AvgIpc) is 3.16. The maximum Gasteiger partial charge on any atom is 0.244 e. The lowest BCUT2D eigenvalue weighted by molar-refractivity contribution is 0.180. The Labute approximate surface area is 166 Å². The van der Waals surface area contributed by atoms with E-state index in [9.17, 15) is 8.42 Å². The Kier molecular flexibility index (Phi) is 6.57. The lowest BCUT2D eigenvalue weighted by atomic mass is 9.97. The Bertz CT molecular complexity index is 856. The molecule has 0 amide bonds. The van der Waals surface area contributed by atoms with Crippen molar-refractivity contribution in [3.8, 4) is 5.75 Å². The van der Waals surface area contributed by atoms with Gasteiger partial charge in [0.1, 0.15) is 10.6 Å². The van der Waals surface area contributed by atoms with E-state index in [0.717, 1.165) is 43.6 Å². The molecule has 5 nitrogen and oxygen atoms in total. The molecule has 0 spiro atoms. The molecule has 2 heterocycles. The average molecular weight is 409 g/mol. The Hall–Kier alpha value is -1.41. The van der Waals surface area contributed by atoms with E-state index in [1.54, 1.807) is 23.5 Å². The molecule has 1 aromatic carbocycles. The van der Waals surface area contributed by atoms with Crippen LogP contribution >= 0.6 is 11.3 Å². The second-order valence-corrected chi connectivity index (χ2v) is 10.0. The Morgan fingerprint density at radius 2 is 1.93 bits per heavy atom. The molecule has 0 aliphatic carbocycles. The minimum Gasteiger partial charge on any atom is -0.495 e. The molecule has 7 heteroatoms. The number of thiophene rings is 1. The largest absolute Gasteiger partial charge is 0.495 e. The standard InChI is InChI=1S/C20H28N2O3S2/c1-15-11-19(25-3)20(12-16(15)2)27(23,24)21-13-17-6-8-22(9-7-17)14-18-5-4-10-26-18/h4-5,10-12,17,21H,6-9,13-14H2,1-3H3. The number of hydrogen-bond acceptors (Lipinski definition) is 5. The van der Waals surface area contributed by atoms with Crippen molar-refractivity contribution in [3.63, 3.8) is 0 Å². The number of rotatable bonds is 7. The molecule has 1 aliphatic heterocycles. The van der Waals surface area contributed by atoms with Gasteiger partial charge in [-0.3, -0.25) is 4.90 Å².